The van der Waals surface area contributed by atoms with Crippen LogP contribution in [0.2, 0.25) is 0 Å². The van der Waals surface area contributed by atoms with Crippen LogP contribution in [-0.2, 0) is 9.59 Å². The normalized spacial score (nSPS) is 12.1. The third kappa shape index (κ3) is 7.93. The van der Waals surface area contributed by atoms with Crippen LogP contribution >= 0.6 is 0 Å². The number of carboxylic acids is 1. The first-order chi connectivity index (χ1) is 7.07. The monoisotopic (exact) mass is 217 g/mol. The van der Waals surface area contributed by atoms with Gasteiger partial charge in [0.05, 0.1) is 0 Å². The molecule has 5 nitrogen and oxygen atoms in total. The van der Waals surface area contributed by atoms with Crippen molar-refractivity contribution in [3.05, 3.63) is 0 Å². The molecule has 0 heterocycles. The van der Waals surface area contributed by atoms with Crippen molar-refractivity contribution in [1.82, 2.24) is 5.32 Å². The first-order valence-corrected chi connectivity index (χ1v) is 5.25. The Kier molecular flexibility index (Phi) is 7.62. The van der Waals surface area contributed by atoms with Crippen molar-refractivity contribution in [3.8, 4) is 0 Å². The second-order valence-electron chi connectivity index (χ2n) is 3.45. The molecule has 0 bridgehead atoms. The van der Waals surface area contributed by atoms with E-state index in [9.17, 15) is 9.59 Å². The quantitative estimate of drug-likeness (QED) is 0.517. The van der Waals surface area contributed by atoms with Crippen LogP contribution in [-0.4, -0.2) is 34.7 Å². The third-order valence-corrected chi connectivity index (χ3v) is 2.03. The van der Waals surface area contributed by atoms with Crippen molar-refractivity contribution in [2.45, 2.75) is 45.1 Å². The molecular weight excluding hydrogens is 198 g/mol. The fourth-order valence-corrected chi connectivity index (χ4v) is 1.10. The van der Waals surface area contributed by atoms with Crippen molar-refractivity contribution in [2.75, 3.05) is 6.54 Å². The molecule has 1 amide bonds. The Morgan fingerprint density at radius 1 is 1.33 bits per heavy atom. The number of unbranched alkanes of at least 4 members (excludes halogenated alkanes) is 2. The molecule has 0 rings (SSSR count). The largest absolute Gasteiger partial charge is 0.479 e. The molecule has 88 valence electrons. The summed E-state index contributed by atoms with van der Waals surface area (Å²) in [6.45, 7) is 2.26. The van der Waals surface area contributed by atoms with Crippen LogP contribution in [0, 0.1) is 0 Å². The van der Waals surface area contributed by atoms with Gasteiger partial charge >= 0.3 is 5.97 Å². The number of aliphatic carboxylic acids is 1. The Bertz CT molecular complexity index is 206. The van der Waals surface area contributed by atoms with Crippen molar-refractivity contribution < 1.29 is 19.8 Å². The lowest BCUT2D eigenvalue weighted by Gasteiger charge is -2.06. The first-order valence-electron chi connectivity index (χ1n) is 5.25. The van der Waals surface area contributed by atoms with Gasteiger partial charge in [0.15, 0.2) is 6.10 Å². The van der Waals surface area contributed by atoms with E-state index >= 15 is 0 Å². The lowest BCUT2D eigenvalue weighted by atomic mass is 10.2. The van der Waals surface area contributed by atoms with Gasteiger partial charge in [0, 0.05) is 19.4 Å². The smallest absolute Gasteiger partial charge is 0.332 e. The molecule has 0 saturated carbocycles. The van der Waals surface area contributed by atoms with Gasteiger partial charge in [-0.2, -0.15) is 0 Å². The van der Waals surface area contributed by atoms with Gasteiger partial charge in [-0.05, 0) is 6.42 Å². The summed E-state index contributed by atoms with van der Waals surface area (Å²) in [6.07, 6.45) is 2.06. The molecule has 1 atom stereocenters. The maximum Gasteiger partial charge on any atom is 0.332 e. The molecule has 3 N–H and O–H groups in total. The average molecular weight is 217 g/mol. The van der Waals surface area contributed by atoms with Crippen LogP contribution in [0.5, 0.6) is 0 Å². The van der Waals surface area contributed by atoms with Crippen LogP contribution in [0.4, 0.5) is 0 Å². The van der Waals surface area contributed by atoms with Gasteiger partial charge in [0.2, 0.25) is 5.91 Å². The number of carbonyl (C=O) groups excluding carboxylic acids is 1. The highest BCUT2D eigenvalue weighted by atomic mass is 16.4. The standard InChI is InChI=1S/C10H19NO4/c1-2-3-4-5-9(13)11-7-6-8(12)10(14)15/h8,12H,2-7H2,1H3,(H,11,13)(H,14,15). The average Bonchev–Trinajstić information content (AvgIpc) is 2.18. The molecule has 0 aliphatic heterocycles. The summed E-state index contributed by atoms with van der Waals surface area (Å²) in [5, 5.41) is 19.8. The summed E-state index contributed by atoms with van der Waals surface area (Å²) in [6, 6.07) is 0. The molecule has 0 radical (unpaired) electrons. The van der Waals surface area contributed by atoms with E-state index in [1.165, 1.54) is 0 Å². The number of hydrogen-bond donors (Lipinski definition) is 3. The molecule has 0 aliphatic carbocycles. The molecule has 0 aromatic carbocycles. The van der Waals surface area contributed by atoms with Crippen LogP contribution in [0.25, 0.3) is 0 Å². The number of rotatable bonds is 8. The van der Waals surface area contributed by atoms with Crippen molar-refractivity contribution in [3.63, 3.8) is 0 Å². The fourth-order valence-electron chi connectivity index (χ4n) is 1.10. The summed E-state index contributed by atoms with van der Waals surface area (Å²) < 4.78 is 0. The molecule has 0 aliphatic rings. The molecule has 0 fully saturated rings. The SMILES string of the molecule is CCCCCC(=O)NCCC(O)C(=O)O. The molecular formula is C10H19NO4. The predicted molar refractivity (Wildman–Crippen MR) is 55.4 cm³/mol. The number of hydrogen-bond acceptors (Lipinski definition) is 3. The van der Waals surface area contributed by atoms with E-state index in [4.69, 9.17) is 10.2 Å². The van der Waals surface area contributed by atoms with Gasteiger partial charge in [-0.1, -0.05) is 19.8 Å². The maximum absolute atomic E-state index is 11.1. The van der Waals surface area contributed by atoms with E-state index in [2.05, 4.69) is 12.2 Å². The number of amides is 1. The van der Waals surface area contributed by atoms with E-state index in [1.54, 1.807) is 0 Å². The van der Waals surface area contributed by atoms with Crippen molar-refractivity contribution >= 4 is 11.9 Å². The van der Waals surface area contributed by atoms with Crippen LogP contribution in [0.1, 0.15) is 39.0 Å². The highest BCUT2D eigenvalue weighted by Gasteiger charge is 2.12. The third-order valence-electron chi connectivity index (χ3n) is 2.03. The van der Waals surface area contributed by atoms with Crippen molar-refractivity contribution in [1.29, 1.82) is 0 Å². The number of aliphatic hydroxyl groups excluding tert-OH is 1. The zero-order valence-electron chi connectivity index (χ0n) is 9.03. The number of nitrogens with one attached hydrogen (secondary N) is 1. The summed E-state index contributed by atoms with van der Waals surface area (Å²) >= 11 is 0. The molecule has 0 aromatic heterocycles. The van der Waals surface area contributed by atoms with Gasteiger partial charge in [-0.25, -0.2) is 4.79 Å². The summed E-state index contributed by atoms with van der Waals surface area (Å²) in [7, 11) is 0. The van der Waals surface area contributed by atoms with Gasteiger partial charge in [0.1, 0.15) is 0 Å². The fraction of sp³-hybridized carbons (Fsp3) is 0.800. The maximum atomic E-state index is 11.1. The summed E-state index contributed by atoms with van der Waals surface area (Å²) in [5.74, 6) is -1.34. The second kappa shape index (κ2) is 8.23. The highest BCUT2D eigenvalue weighted by Crippen LogP contribution is 1.98. The molecule has 15 heavy (non-hydrogen) atoms. The van der Waals surface area contributed by atoms with Crippen LogP contribution in [0.3, 0.4) is 0 Å². The number of carbonyl (C=O) groups is 2. The van der Waals surface area contributed by atoms with Gasteiger partial charge in [-0.15, -0.1) is 0 Å². The lowest BCUT2D eigenvalue weighted by molar-refractivity contribution is -0.147. The summed E-state index contributed by atoms with van der Waals surface area (Å²) in [5.41, 5.74) is 0. The molecule has 0 saturated heterocycles. The summed E-state index contributed by atoms with van der Waals surface area (Å²) in [4.78, 5) is 21.4. The second-order valence-corrected chi connectivity index (χ2v) is 3.45. The van der Waals surface area contributed by atoms with Gasteiger partial charge < -0.3 is 15.5 Å². The van der Waals surface area contributed by atoms with E-state index < -0.39 is 12.1 Å². The molecule has 5 heteroatoms. The Labute approximate surface area is 89.5 Å². The Balaban J connectivity index is 3.42. The van der Waals surface area contributed by atoms with Crippen molar-refractivity contribution in [2.24, 2.45) is 0 Å². The minimum Gasteiger partial charge on any atom is -0.479 e. The van der Waals surface area contributed by atoms with Crippen LogP contribution < -0.4 is 5.32 Å². The van der Waals surface area contributed by atoms with E-state index in [0.717, 1.165) is 19.3 Å². The van der Waals surface area contributed by atoms with Gasteiger partial charge in [0.25, 0.3) is 0 Å². The predicted octanol–water partition coefficient (Wildman–Crippen LogP) is 0.518. The molecule has 0 aromatic rings. The Hall–Kier alpha value is -1.10. The Morgan fingerprint density at radius 2 is 2.00 bits per heavy atom. The Morgan fingerprint density at radius 3 is 2.53 bits per heavy atom. The molecule has 1 unspecified atom stereocenters. The number of carboxylic acid groups (broad SMARTS) is 1. The first kappa shape index (κ1) is 13.9. The minimum absolute atomic E-state index is 0.0504. The number of aliphatic hydroxyl groups is 1. The van der Waals surface area contributed by atoms with E-state index in [-0.39, 0.29) is 18.9 Å². The minimum atomic E-state index is -1.39. The zero-order chi connectivity index (χ0) is 11.7. The highest BCUT2D eigenvalue weighted by molar-refractivity contribution is 5.76. The zero-order valence-corrected chi connectivity index (χ0v) is 9.03. The van der Waals surface area contributed by atoms with Gasteiger partial charge in [-0.3, -0.25) is 4.79 Å². The van der Waals surface area contributed by atoms with E-state index in [0.29, 0.717) is 6.42 Å². The molecule has 0 spiro atoms. The van der Waals surface area contributed by atoms with Crippen LogP contribution in [0.15, 0.2) is 0 Å². The lowest BCUT2D eigenvalue weighted by Crippen LogP contribution is -2.29. The topological polar surface area (TPSA) is 86.6 Å². The van der Waals surface area contributed by atoms with E-state index in [1.807, 2.05) is 0 Å².